The number of alkyl halides is 3. The third kappa shape index (κ3) is 5.81. The van der Waals surface area contributed by atoms with E-state index in [1.54, 1.807) is 6.92 Å². The quantitative estimate of drug-likeness (QED) is 0.738. The van der Waals surface area contributed by atoms with Crippen LogP contribution in [0.15, 0.2) is 24.3 Å². The summed E-state index contributed by atoms with van der Waals surface area (Å²) in [7, 11) is -3.13. The van der Waals surface area contributed by atoms with Gasteiger partial charge in [0.15, 0.2) is 9.84 Å². The average Bonchev–Trinajstić information content (AvgIpc) is 2.39. The molecule has 0 radical (unpaired) electrons. The van der Waals surface area contributed by atoms with Crippen LogP contribution in [0.3, 0.4) is 0 Å². The minimum atomic E-state index is -4.60. The summed E-state index contributed by atoms with van der Waals surface area (Å²) in [6.07, 6.45) is -4.49. The molecule has 0 bridgehead atoms. The van der Waals surface area contributed by atoms with Crippen molar-refractivity contribution in [1.82, 2.24) is 4.90 Å². The average molecular weight is 355 g/mol. The summed E-state index contributed by atoms with van der Waals surface area (Å²) in [5.74, 6) is -2.71. The number of nitrogens with zero attached hydrogens (tertiary/aromatic N) is 1. The molecule has 0 spiro atoms. The molecular weight excluding hydrogens is 338 g/mol. The molecule has 0 saturated carbocycles. The molecule has 1 unspecified atom stereocenters. The number of hydrogen-bond acceptors (Lipinski definition) is 3. The van der Waals surface area contributed by atoms with Crippen LogP contribution in [0.5, 0.6) is 0 Å². The summed E-state index contributed by atoms with van der Waals surface area (Å²) in [6.45, 7) is 0.0458. The van der Waals surface area contributed by atoms with Crippen LogP contribution in [-0.2, 0) is 14.6 Å². The van der Waals surface area contributed by atoms with Crippen molar-refractivity contribution in [3.8, 4) is 0 Å². The zero-order valence-corrected chi connectivity index (χ0v) is 13.4. The van der Waals surface area contributed by atoms with E-state index in [4.69, 9.17) is 0 Å². The van der Waals surface area contributed by atoms with Crippen LogP contribution in [0.2, 0.25) is 0 Å². The van der Waals surface area contributed by atoms with Gasteiger partial charge in [0.25, 0.3) is 0 Å². The molecular formula is C14H17F4NO3S. The van der Waals surface area contributed by atoms with Crippen LogP contribution in [0.4, 0.5) is 17.6 Å². The van der Waals surface area contributed by atoms with Gasteiger partial charge in [-0.15, -0.1) is 0 Å². The van der Waals surface area contributed by atoms with Crippen LogP contribution in [0.1, 0.15) is 24.2 Å². The summed E-state index contributed by atoms with van der Waals surface area (Å²) in [5.41, 5.74) is 0.292. The number of halogens is 4. The number of hydrogen-bond donors (Lipinski definition) is 0. The molecule has 0 saturated heterocycles. The second kappa shape index (κ2) is 7.29. The molecule has 1 amide bonds. The van der Waals surface area contributed by atoms with Gasteiger partial charge in [0, 0.05) is 7.05 Å². The molecule has 9 heteroatoms. The summed E-state index contributed by atoms with van der Waals surface area (Å²) in [5, 5.41) is -1.08. The lowest BCUT2D eigenvalue weighted by Crippen LogP contribution is -2.39. The lowest BCUT2D eigenvalue weighted by molar-refractivity contribution is -0.156. The van der Waals surface area contributed by atoms with E-state index in [2.05, 4.69) is 0 Å². The minimum absolute atomic E-state index is 0.115. The first-order valence-electron chi connectivity index (χ1n) is 6.74. The van der Waals surface area contributed by atoms with Crippen molar-refractivity contribution in [1.29, 1.82) is 0 Å². The van der Waals surface area contributed by atoms with Crippen molar-refractivity contribution in [2.75, 3.05) is 19.3 Å². The van der Waals surface area contributed by atoms with Crippen LogP contribution in [0, 0.1) is 5.82 Å². The molecule has 1 aromatic carbocycles. The van der Waals surface area contributed by atoms with Gasteiger partial charge in [0.05, 0.1) is 5.25 Å². The fourth-order valence-corrected chi connectivity index (χ4v) is 3.96. The SMILES string of the molecule is CCC(c1ccc(F)cc1)S(=O)(=O)CC(=O)N(C)CC(F)(F)F. The van der Waals surface area contributed by atoms with Crippen molar-refractivity contribution < 1.29 is 30.8 Å². The molecule has 1 rings (SSSR count). The van der Waals surface area contributed by atoms with E-state index >= 15 is 0 Å². The summed E-state index contributed by atoms with van der Waals surface area (Å²) in [6, 6.07) is 4.74. The van der Waals surface area contributed by atoms with Gasteiger partial charge in [-0.1, -0.05) is 19.1 Å². The van der Waals surface area contributed by atoms with E-state index in [9.17, 15) is 30.8 Å². The van der Waals surface area contributed by atoms with Gasteiger partial charge in [-0.25, -0.2) is 12.8 Å². The molecule has 0 aliphatic rings. The highest BCUT2D eigenvalue weighted by molar-refractivity contribution is 7.92. The Bertz CT molecular complexity index is 641. The molecule has 0 fully saturated rings. The largest absolute Gasteiger partial charge is 0.406 e. The Morgan fingerprint density at radius 3 is 2.17 bits per heavy atom. The third-order valence-corrected chi connectivity index (χ3v) is 5.33. The summed E-state index contributed by atoms with van der Waals surface area (Å²) >= 11 is 0. The minimum Gasteiger partial charge on any atom is -0.336 e. The van der Waals surface area contributed by atoms with Gasteiger partial charge in [-0.3, -0.25) is 4.79 Å². The van der Waals surface area contributed by atoms with E-state index in [0.717, 1.165) is 19.2 Å². The number of carbonyl (C=O) groups excluding carboxylic acids is 1. The normalized spacial score (nSPS) is 13.7. The van der Waals surface area contributed by atoms with Crippen molar-refractivity contribution in [3.05, 3.63) is 35.6 Å². The van der Waals surface area contributed by atoms with Crippen molar-refractivity contribution in [2.45, 2.75) is 24.8 Å². The van der Waals surface area contributed by atoms with Gasteiger partial charge >= 0.3 is 6.18 Å². The Labute approximate surface area is 132 Å². The fraction of sp³-hybridized carbons (Fsp3) is 0.500. The summed E-state index contributed by atoms with van der Waals surface area (Å²) < 4.78 is 74.3. The second-order valence-corrected chi connectivity index (χ2v) is 7.30. The van der Waals surface area contributed by atoms with Crippen LogP contribution >= 0.6 is 0 Å². The molecule has 0 N–H and O–H groups in total. The predicted molar refractivity (Wildman–Crippen MR) is 76.9 cm³/mol. The molecule has 1 atom stereocenters. The number of sulfone groups is 1. The Morgan fingerprint density at radius 1 is 1.22 bits per heavy atom. The lowest BCUT2D eigenvalue weighted by Gasteiger charge is -2.21. The fourth-order valence-electron chi connectivity index (χ4n) is 2.11. The van der Waals surface area contributed by atoms with Crippen molar-refractivity contribution >= 4 is 15.7 Å². The standard InChI is InChI=1S/C14H17F4NO3S/c1-3-12(10-4-6-11(15)7-5-10)23(21,22)8-13(20)19(2)9-14(16,17)18/h4-7,12H,3,8-9H2,1-2H3. The molecule has 0 aliphatic heterocycles. The zero-order chi connectivity index (χ0) is 17.8. The Hall–Kier alpha value is -1.64. The van der Waals surface area contributed by atoms with Crippen LogP contribution in [-0.4, -0.2) is 44.7 Å². The smallest absolute Gasteiger partial charge is 0.336 e. The maximum atomic E-state index is 12.9. The number of benzene rings is 1. The van der Waals surface area contributed by atoms with Gasteiger partial charge in [-0.05, 0) is 24.1 Å². The highest BCUT2D eigenvalue weighted by Gasteiger charge is 2.34. The van der Waals surface area contributed by atoms with Gasteiger partial charge < -0.3 is 4.90 Å². The van der Waals surface area contributed by atoms with Gasteiger partial charge in [0.1, 0.15) is 18.1 Å². The first-order chi connectivity index (χ1) is 10.5. The highest BCUT2D eigenvalue weighted by atomic mass is 32.2. The van der Waals surface area contributed by atoms with E-state index in [1.165, 1.54) is 12.1 Å². The maximum absolute atomic E-state index is 12.9. The van der Waals surface area contributed by atoms with Crippen LogP contribution < -0.4 is 0 Å². The zero-order valence-electron chi connectivity index (χ0n) is 12.6. The van der Waals surface area contributed by atoms with E-state index in [-0.39, 0.29) is 6.42 Å². The molecule has 130 valence electrons. The monoisotopic (exact) mass is 355 g/mol. The first kappa shape index (κ1) is 19.4. The molecule has 0 aliphatic carbocycles. The number of carbonyl (C=O) groups is 1. The second-order valence-electron chi connectivity index (χ2n) is 5.12. The maximum Gasteiger partial charge on any atom is 0.406 e. The van der Waals surface area contributed by atoms with Gasteiger partial charge in [0.2, 0.25) is 5.91 Å². The van der Waals surface area contributed by atoms with Crippen molar-refractivity contribution in [2.24, 2.45) is 0 Å². The lowest BCUT2D eigenvalue weighted by atomic mass is 10.1. The molecule has 0 heterocycles. The predicted octanol–water partition coefficient (Wildman–Crippen LogP) is 2.71. The van der Waals surface area contributed by atoms with E-state index in [0.29, 0.717) is 10.5 Å². The Balaban J connectivity index is 2.91. The Kier molecular flexibility index (Phi) is 6.15. The third-order valence-electron chi connectivity index (χ3n) is 3.21. The Morgan fingerprint density at radius 2 is 1.74 bits per heavy atom. The van der Waals surface area contributed by atoms with Crippen LogP contribution in [0.25, 0.3) is 0 Å². The molecule has 4 nitrogen and oxygen atoms in total. The van der Waals surface area contributed by atoms with E-state index in [1.807, 2.05) is 0 Å². The first-order valence-corrected chi connectivity index (χ1v) is 8.45. The number of amides is 1. The summed E-state index contributed by atoms with van der Waals surface area (Å²) in [4.78, 5) is 12.1. The van der Waals surface area contributed by atoms with E-state index < -0.39 is 45.3 Å². The highest BCUT2D eigenvalue weighted by Crippen LogP contribution is 2.27. The topological polar surface area (TPSA) is 54.5 Å². The molecule has 0 aromatic heterocycles. The number of rotatable bonds is 6. The molecule has 1 aromatic rings. The van der Waals surface area contributed by atoms with Crippen molar-refractivity contribution in [3.63, 3.8) is 0 Å². The van der Waals surface area contributed by atoms with Gasteiger partial charge in [-0.2, -0.15) is 13.2 Å². The molecule has 23 heavy (non-hydrogen) atoms.